The first-order valence-corrected chi connectivity index (χ1v) is 18.6. The number of hydrogen-bond acceptors (Lipinski definition) is 0. The molecule has 0 saturated heterocycles. The van der Waals surface area contributed by atoms with Crippen molar-refractivity contribution in [1.82, 2.24) is 4.57 Å². The van der Waals surface area contributed by atoms with Gasteiger partial charge in [-0.1, -0.05) is 172 Å². The van der Waals surface area contributed by atoms with E-state index in [2.05, 4.69) is 206 Å². The SMILES string of the molecule is CC1(C)c2ccccc2-c2ccc(/C(=C\c3cccc4ccccc34)Cc3ccc(-c4ccc(-n5c6ccccc6c6ccccc65)cc4)cc3)cc21. The van der Waals surface area contributed by atoms with Crippen LogP contribution in [0.2, 0.25) is 0 Å². The third kappa shape index (κ3) is 5.23. The van der Waals surface area contributed by atoms with E-state index in [0.717, 1.165) is 6.42 Å². The van der Waals surface area contributed by atoms with Crippen molar-refractivity contribution >= 4 is 44.2 Å². The average molecular weight is 678 g/mol. The van der Waals surface area contributed by atoms with Crippen molar-refractivity contribution in [2.45, 2.75) is 25.7 Å². The number of para-hydroxylation sites is 2. The third-order valence-corrected chi connectivity index (χ3v) is 11.5. The number of aromatic nitrogens is 1. The van der Waals surface area contributed by atoms with Gasteiger partial charge in [0.25, 0.3) is 0 Å². The molecular formula is C52H39N. The van der Waals surface area contributed by atoms with Crippen LogP contribution in [-0.4, -0.2) is 4.57 Å². The lowest BCUT2D eigenvalue weighted by atomic mass is 9.81. The van der Waals surface area contributed by atoms with Crippen molar-refractivity contribution in [3.63, 3.8) is 0 Å². The van der Waals surface area contributed by atoms with E-state index in [1.165, 1.54) is 93.9 Å². The molecule has 1 heteroatoms. The van der Waals surface area contributed by atoms with Crippen LogP contribution in [0.1, 0.15) is 41.7 Å². The Morgan fingerprint density at radius 2 is 1.09 bits per heavy atom. The van der Waals surface area contributed by atoms with Gasteiger partial charge >= 0.3 is 0 Å². The van der Waals surface area contributed by atoms with Gasteiger partial charge in [-0.25, -0.2) is 0 Å². The summed E-state index contributed by atoms with van der Waals surface area (Å²) in [5.41, 5.74) is 16.7. The molecule has 0 saturated carbocycles. The van der Waals surface area contributed by atoms with Crippen molar-refractivity contribution in [3.8, 4) is 27.9 Å². The number of fused-ring (bicyclic) bond motifs is 7. The minimum absolute atomic E-state index is 0.0504. The summed E-state index contributed by atoms with van der Waals surface area (Å²) < 4.78 is 2.38. The zero-order chi connectivity index (χ0) is 35.5. The lowest BCUT2D eigenvalue weighted by Gasteiger charge is -2.22. The molecule has 0 radical (unpaired) electrons. The molecule has 1 aromatic heterocycles. The fourth-order valence-corrected chi connectivity index (χ4v) is 8.74. The number of allylic oxidation sites excluding steroid dienone is 1. The Kier molecular flexibility index (Phi) is 7.30. The predicted molar refractivity (Wildman–Crippen MR) is 226 cm³/mol. The van der Waals surface area contributed by atoms with Crippen LogP contribution in [0, 0.1) is 0 Å². The van der Waals surface area contributed by atoms with Crippen molar-refractivity contribution < 1.29 is 0 Å². The molecule has 1 nitrogen and oxygen atoms in total. The first kappa shape index (κ1) is 31.3. The summed E-state index contributed by atoms with van der Waals surface area (Å²) in [6.45, 7) is 4.73. The Labute approximate surface area is 311 Å². The van der Waals surface area contributed by atoms with Crippen molar-refractivity contribution in [2.75, 3.05) is 0 Å². The Morgan fingerprint density at radius 1 is 0.509 bits per heavy atom. The lowest BCUT2D eigenvalue weighted by molar-refractivity contribution is 0.660. The van der Waals surface area contributed by atoms with Gasteiger partial charge in [-0.05, 0) is 103 Å². The molecule has 0 aliphatic heterocycles. The summed E-state index contributed by atoms with van der Waals surface area (Å²) in [5.74, 6) is 0. The molecule has 1 aliphatic carbocycles. The fraction of sp³-hybridized carbons (Fsp3) is 0.0769. The molecule has 0 amide bonds. The van der Waals surface area contributed by atoms with Gasteiger partial charge in [0.2, 0.25) is 0 Å². The summed E-state index contributed by atoms with van der Waals surface area (Å²) in [6, 6.07) is 66.9. The van der Waals surface area contributed by atoms with Crippen molar-refractivity contribution in [3.05, 3.63) is 210 Å². The molecule has 10 rings (SSSR count). The Balaban J connectivity index is 1.000. The monoisotopic (exact) mass is 677 g/mol. The summed E-state index contributed by atoms with van der Waals surface area (Å²) in [7, 11) is 0. The molecule has 1 heterocycles. The first-order valence-electron chi connectivity index (χ1n) is 18.6. The van der Waals surface area contributed by atoms with Crippen LogP contribution < -0.4 is 0 Å². The second-order valence-corrected chi connectivity index (χ2v) is 15.0. The molecule has 0 spiro atoms. The smallest absolute Gasteiger partial charge is 0.0541 e. The van der Waals surface area contributed by atoms with Crippen LogP contribution in [0.15, 0.2) is 182 Å². The van der Waals surface area contributed by atoms with Gasteiger partial charge in [0.05, 0.1) is 11.0 Å². The molecule has 1 aliphatic rings. The van der Waals surface area contributed by atoms with Crippen molar-refractivity contribution in [1.29, 1.82) is 0 Å². The standard InChI is InChI=1S/C52H39N/c1-52(2)48-19-8-5-16-44(48)45-31-28-39(34-49(45)52)41(33-40-14-11-13-38-12-3-4-15-43(38)40)32-35-22-24-36(25-23-35)37-26-29-42(30-27-37)53-50-20-9-6-17-46(50)47-18-7-10-21-51(47)53/h3-31,33-34H,32H2,1-2H3/b41-33-. The van der Waals surface area contributed by atoms with Crippen LogP contribution >= 0.6 is 0 Å². The molecular weight excluding hydrogens is 639 g/mol. The highest BCUT2D eigenvalue weighted by molar-refractivity contribution is 6.09. The summed E-state index contributed by atoms with van der Waals surface area (Å²) in [6.07, 6.45) is 3.25. The highest BCUT2D eigenvalue weighted by Gasteiger charge is 2.35. The van der Waals surface area contributed by atoms with E-state index in [1.807, 2.05) is 0 Å². The van der Waals surface area contributed by atoms with E-state index < -0.39 is 0 Å². The zero-order valence-electron chi connectivity index (χ0n) is 30.1. The molecule has 0 unspecified atom stereocenters. The Bertz CT molecular complexity index is 2800. The molecule has 9 aromatic rings. The molecule has 53 heavy (non-hydrogen) atoms. The van der Waals surface area contributed by atoms with E-state index in [9.17, 15) is 0 Å². The summed E-state index contributed by atoms with van der Waals surface area (Å²) in [4.78, 5) is 0. The van der Waals surface area contributed by atoms with Gasteiger partial charge in [-0.2, -0.15) is 0 Å². The molecule has 0 N–H and O–H groups in total. The predicted octanol–water partition coefficient (Wildman–Crippen LogP) is 13.7. The quantitative estimate of drug-likeness (QED) is 0.154. The molecule has 252 valence electrons. The summed E-state index contributed by atoms with van der Waals surface area (Å²) in [5, 5.41) is 5.11. The van der Waals surface area contributed by atoms with E-state index in [4.69, 9.17) is 0 Å². The first-order chi connectivity index (χ1) is 26.0. The molecule has 0 atom stereocenters. The van der Waals surface area contributed by atoms with Gasteiger partial charge in [0.15, 0.2) is 0 Å². The largest absolute Gasteiger partial charge is 0.309 e. The number of rotatable bonds is 6. The minimum Gasteiger partial charge on any atom is -0.309 e. The number of hydrogen-bond donors (Lipinski definition) is 0. The maximum Gasteiger partial charge on any atom is 0.0541 e. The van der Waals surface area contributed by atoms with Gasteiger partial charge in [-0.3, -0.25) is 0 Å². The Hall–Kier alpha value is -6.44. The van der Waals surface area contributed by atoms with Crippen LogP contribution in [0.3, 0.4) is 0 Å². The zero-order valence-corrected chi connectivity index (χ0v) is 30.1. The lowest BCUT2D eigenvalue weighted by Crippen LogP contribution is -2.15. The normalized spacial score (nSPS) is 13.4. The Morgan fingerprint density at radius 3 is 1.83 bits per heavy atom. The fourth-order valence-electron chi connectivity index (χ4n) is 8.74. The van der Waals surface area contributed by atoms with Gasteiger partial charge < -0.3 is 4.57 Å². The highest BCUT2D eigenvalue weighted by Crippen LogP contribution is 2.49. The highest BCUT2D eigenvalue weighted by atomic mass is 15.0. The average Bonchev–Trinajstić information content (AvgIpc) is 3.66. The maximum absolute atomic E-state index is 2.46. The number of nitrogens with zero attached hydrogens (tertiary/aromatic N) is 1. The van der Waals surface area contributed by atoms with Crippen LogP contribution in [0.25, 0.3) is 72.2 Å². The minimum atomic E-state index is -0.0504. The third-order valence-electron chi connectivity index (χ3n) is 11.5. The van der Waals surface area contributed by atoms with Gasteiger partial charge in [0.1, 0.15) is 0 Å². The summed E-state index contributed by atoms with van der Waals surface area (Å²) >= 11 is 0. The second kappa shape index (κ2) is 12.4. The van der Waals surface area contributed by atoms with Crippen LogP contribution in [0.4, 0.5) is 0 Å². The van der Waals surface area contributed by atoms with Crippen LogP contribution in [-0.2, 0) is 11.8 Å². The van der Waals surface area contributed by atoms with Crippen molar-refractivity contribution in [2.24, 2.45) is 0 Å². The van der Waals surface area contributed by atoms with Gasteiger partial charge in [0, 0.05) is 21.9 Å². The number of benzene rings is 8. The molecule has 8 aromatic carbocycles. The topological polar surface area (TPSA) is 4.93 Å². The van der Waals surface area contributed by atoms with E-state index in [0.29, 0.717) is 0 Å². The van der Waals surface area contributed by atoms with Crippen LogP contribution in [0.5, 0.6) is 0 Å². The van der Waals surface area contributed by atoms with E-state index in [-0.39, 0.29) is 5.41 Å². The molecule has 0 fully saturated rings. The molecule has 0 bridgehead atoms. The maximum atomic E-state index is 2.46. The second-order valence-electron chi connectivity index (χ2n) is 15.0. The van der Waals surface area contributed by atoms with Gasteiger partial charge in [-0.15, -0.1) is 0 Å². The van der Waals surface area contributed by atoms with E-state index >= 15 is 0 Å². The van der Waals surface area contributed by atoms with E-state index in [1.54, 1.807) is 0 Å².